The van der Waals surface area contributed by atoms with Crippen LogP contribution in [0.25, 0.3) is 0 Å². The van der Waals surface area contributed by atoms with Crippen LogP contribution in [0.2, 0.25) is 0 Å². The van der Waals surface area contributed by atoms with Gasteiger partial charge in [-0.15, -0.1) is 0 Å². The molecular formula is C9H7BrF5N. The highest BCUT2D eigenvalue weighted by Gasteiger charge is 2.61. The van der Waals surface area contributed by atoms with Crippen molar-refractivity contribution in [3.8, 4) is 0 Å². The van der Waals surface area contributed by atoms with Gasteiger partial charge in [0.05, 0.1) is 0 Å². The van der Waals surface area contributed by atoms with Gasteiger partial charge in [-0.05, 0) is 17.7 Å². The second-order valence-electron chi connectivity index (χ2n) is 3.15. The van der Waals surface area contributed by atoms with E-state index in [1.165, 1.54) is 12.1 Å². The van der Waals surface area contributed by atoms with Crippen LogP contribution in [0.3, 0.4) is 0 Å². The topological polar surface area (TPSA) is 26.0 Å². The van der Waals surface area contributed by atoms with Crippen LogP contribution in [0.5, 0.6) is 0 Å². The van der Waals surface area contributed by atoms with E-state index in [1.54, 1.807) is 0 Å². The van der Waals surface area contributed by atoms with Crippen LogP contribution in [0, 0.1) is 0 Å². The summed E-state index contributed by atoms with van der Waals surface area (Å²) in [5.74, 6) is -4.95. The molecule has 1 atom stereocenters. The van der Waals surface area contributed by atoms with Gasteiger partial charge in [-0.25, -0.2) is 0 Å². The first-order valence-corrected chi connectivity index (χ1v) is 4.91. The first-order valence-electron chi connectivity index (χ1n) is 4.12. The molecule has 0 unspecified atom stereocenters. The average molecular weight is 304 g/mol. The van der Waals surface area contributed by atoms with Crippen molar-refractivity contribution >= 4 is 15.9 Å². The molecule has 1 aromatic rings. The smallest absolute Gasteiger partial charge is 0.319 e. The lowest BCUT2D eigenvalue weighted by atomic mass is 10.0. The third kappa shape index (κ3) is 2.52. The minimum absolute atomic E-state index is 0.281. The number of rotatable bonds is 2. The number of benzene rings is 1. The summed E-state index contributed by atoms with van der Waals surface area (Å²) >= 11 is 2.97. The first kappa shape index (κ1) is 13.4. The molecule has 0 bridgehead atoms. The molecule has 1 nitrogen and oxygen atoms in total. The summed E-state index contributed by atoms with van der Waals surface area (Å²) in [7, 11) is 0. The van der Waals surface area contributed by atoms with E-state index in [0.717, 1.165) is 12.1 Å². The first-order chi connectivity index (χ1) is 7.16. The van der Waals surface area contributed by atoms with E-state index in [2.05, 4.69) is 15.9 Å². The lowest BCUT2D eigenvalue weighted by Gasteiger charge is -2.25. The summed E-state index contributed by atoms with van der Waals surface area (Å²) in [5.41, 5.74) is 4.66. The van der Waals surface area contributed by atoms with Crippen molar-refractivity contribution in [2.24, 2.45) is 5.73 Å². The minimum atomic E-state index is -5.66. The fourth-order valence-corrected chi connectivity index (χ4v) is 1.50. The zero-order chi connectivity index (χ0) is 12.6. The highest BCUT2D eigenvalue weighted by atomic mass is 79.9. The third-order valence-electron chi connectivity index (χ3n) is 1.98. The van der Waals surface area contributed by atoms with Gasteiger partial charge in [0, 0.05) is 4.47 Å². The maximum Gasteiger partial charge on any atom is 0.455 e. The summed E-state index contributed by atoms with van der Waals surface area (Å²) < 4.78 is 62.2. The Balaban J connectivity index is 3.07. The summed E-state index contributed by atoms with van der Waals surface area (Å²) in [6.45, 7) is 0. The zero-order valence-electron chi connectivity index (χ0n) is 7.73. The minimum Gasteiger partial charge on any atom is -0.319 e. The lowest BCUT2D eigenvalue weighted by Crippen LogP contribution is -2.45. The van der Waals surface area contributed by atoms with Gasteiger partial charge in [0.25, 0.3) is 0 Å². The molecule has 0 fully saturated rings. The van der Waals surface area contributed by atoms with E-state index in [4.69, 9.17) is 5.73 Å². The number of hydrogen-bond donors (Lipinski definition) is 1. The fourth-order valence-electron chi connectivity index (χ4n) is 1.09. The standard InChI is InChI=1S/C9H7BrF5N/c10-6-3-1-2-5(4-6)7(16)8(11,12)9(13,14)15/h1-4,7H,16H2/t7-/m0/s1. The van der Waals surface area contributed by atoms with Gasteiger partial charge in [-0.2, -0.15) is 22.0 Å². The molecule has 0 saturated carbocycles. The van der Waals surface area contributed by atoms with Crippen molar-refractivity contribution in [3.05, 3.63) is 34.3 Å². The summed E-state index contributed by atoms with van der Waals surface area (Å²) in [4.78, 5) is 0. The lowest BCUT2D eigenvalue weighted by molar-refractivity contribution is -0.291. The maximum absolute atomic E-state index is 12.9. The molecule has 2 N–H and O–H groups in total. The Kier molecular flexibility index (Phi) is 3.59. The van der Waals surface area contributed by atoms with Gasteiger partial charge in [0.15, 0.2) is 0 Å². The predicted molar refractivity (Wildman–Crippen MR) is 52.1 cm³/mol. The Labute approximate surface area is 96.6 Å². The van der Waals surface area contributed by atoms with Crippen LogP contribution in [0.1, 0.15) is 11.6 Å². The van der Waals surface area contributed by atoms with Crippen molar-refractivity contribution in [2.45, 2.75) is 18.1 Å². The summed E-state index contributed by atoms with van der Waals surface area (Å²) in [5, 5.41) is 0. The average Bonchev–Trinajstić information content (AvgIpc) is 2.14. The van der Waals surface area contributed by atoms with E-state index in [9.17, 15) is 22.0 Å². The summed E-state index contributed by atoms with van der Waals surface area (Å²) in [6, 6.07) is 2.68. The molecule has 0 aliphatic carbocycles. The Morgan fingerprint density at radius 3 is 2.12 bits per heavy atom. The quantitative estimate of drug-likeness (QED) is 0.829. The number of nitrogens with two attached hydrogens (primary N) is 1. The van der Waals surface area contributed by atoms with Crippen molar-refractivity contribution < 1.29 is 22.0 Å². The van der Waals surface area contributed by atoms with E-state index in [-0.39, 0.29) is 5.56 Å². The van der Waals surface area contributed by atoms with Crippen LogP contribution >= 0.6 is 15.9 Å². The van der Waals surface area contributed by atoms with Gasteiger partial charge in [-0.1, -0.05) is 28.1 Å². The van der Waals surface area contributed by atoms with Gasteiger partial charge < -0.3 is 5.73 Å². The van der Waals surface area contributed by atoms with Crippen molar-refractivity contribution in [1.82, 2.24) is 0 Å². The number of hydrogen-bond acceptors (Lipinski definition) is 1. The molecular weight excluding hydrogens is 297 g/mol. The van der Waals surface area contributed by atoms with E-state index in [0.29, 0.717) is 4.47 Å². The highest BCUT2D eigenvalue weighted by Crippen LogP contribution is 2.43. The molecule has 0 aliphatic rings. The van der Waals surface area contributed by atoms with Crippen LogP contribution < -0.4 is 5.73 Å². The molecule has 1 aromatic carbocycles. The van der Waals surface area contributed by atoms with E-state index < -0.39 is 18.1 Å². The molecule has 90 valence electrons. The van der Waals surface area contributed by atoms with Gasteiger partial charge >= 0.3 is 12.1 Å². The molecule has 7 heteroatoms. The second kappa shape index (κ2) is 4.29. The fraction of sp³-hybridized carbons (Fsp3) is 0.333. The summed E-state index contributed by atoms with van der Waals surface area (Å²) in [6.07, 6.45) is -5.66. The van der Waals surface area contributed by atoms with Gasteiger partial charge in [0.1, 0.15) is 6.04 Å². The third-order valence-corrected chi connectivity index (χ3v) is 2.47. The largest absolute Gasteiger partial charge is 0.455 e. The van der Waals surface area contributed by atoms with Crippen molar-refractivity contribution in [2.75, 3.05) is 0 Å². The van der Waals surface area contributed by atoms with Gasteiger partial charge in [-0.3, -0.25) is 0 Å². The maximum atomic E-state index is 12.9. The Morgan fingerprint density at radius 2 is 1.69 bits per heavy atom. The molecule has 0 aliphatic heterocycles. The normalized spacial score (nSPS) is 14.9. The molecule has 0 radical (unpaired) electrons. The molecule has 16 heavy (non-hydrogen) atoms. The molecule has 0 spiro atoms. The van der Waals surface area contributed by atoms with Crippen molar-refractivity contribution in [3.63, 3.8) is 0 Å². The van der Waals surface area contributed by atoms with E-state index >= 15 is 0 Å². The zero-order valence-corrected chi connectivity index (χ0v) is 9.32. The molecule has 0 aromatic heterocycles. The van der Waals surface area contributed by atoms with E-state index in [1.807, 2.05) is 0 Å². The molecule has 1 rings (SSSR count). The Hall–Kier alpha value is -0.690. The highest BCUT2D eigenvalue weighted by molar-refractivity contribution is 9.10. The SMILES string of the molecule is N[C@@H](c1cccc(Br)c1)C(F)(F)C(F)(F)F. The second-order valence-corrected chi connectivity index (χ2v) is 4.07. The molecule has 0 amide bonds. The Bertz CT molecular complexity index is 376. The predicted octanol–water partition coefficient (Wildman–Crippen LogP) is 3.65. The number of halogens is 6. The van der Waals surface area contributed by atoms with Crippen LogP contribution in [-0.4, -0.2) is 12.1 Å². The Morgan fingerprint density at radius 1 is 1.12 bits per heavy atom. The monoisotopic (exact) mass is 303 g/mol. The molecule has 0 heterocycles. The molecule has 0 saturated heterocycles. The van der Waals surface area contributed by atoms with Crippen LogP contribution in [0.15, 0.2) is 28.7 Å². The number of alkyl halides is 5. The van der Waals surface area contributed by atoms with Crippen LogP contribution in [-0.2, 0) is 0 Å². The van der Waals surface area contributed by atoms with Crippen molar-refractivity contribution in [1.29, 1.82) is 0 Å². The van der Waals surface area contributed by atoms with Crippen LogP contribution in [0.4, 0.5) is 22.0 Å². The van der Waals surface area contributed by atoms with Gasteiger partial charge in [0.2, 0.25) is 0 Å².